The highest BCUT2D eigenvalue weighted by atomic mass is 35.5. The van der Waals surface area contributed by atoms with Crippen molar-refractivity contribution in [1.82, 2.24) is 0 Å². The van der Waals surface area contributed by atoms with Crippen molar-refractivity contribution in [2.24, 2.45) is 0 Å². The second-order valence-corrected chi connectivity index (χ2v) is 5.46. The van der Waals surface area contributed by atoms with Gasteiger partial charge in [-0.3, -0.25) is 9.00 Å². The van der Waals surface area contributed by atoms with Crippen LogP contribution in [0.4, 0.5) is 0 Å². The van der Waals surface area contributed by atoms with Gasteiger partial charge < -0.3 is 10.2 Å². The first kappa shape index (κ1) is 14.3. The molecule has 0 heterocycles. The molecule has 0 aliphatic rings. The molecular weight excluding hydrogens is 264 g/mol. The zero-order valence-electron chi connectivity index (χ0n) is 9.01. The zero-order chi connectivity index (χ0) is 12.8. The fourth-order valence-corrected chi connectivity index (χ4v) is 2.43. The lowest BCUT2D eigenvalue weighted by Gasteiger charge is -2.06. The molecule has 17 heavy (non-hydrogen) atoms. The van der Waals surface area contributed by atoms with Crippen molar-refractivity contribution < 1.29 is 19.2 Å². The smallest absolute Gasteiger partial charge is 0.175 e. The van der Waals surface area contributed by atoms with Gasteiger partial charge in [0.25, 0.3) is 0 Å². The molecule has 2 atom stereocenters. The summed E-state index contributed by atoms with van der Waals surface area (Å²) < 4.78 is 11.5. The lowest BCUT2D eigenvalue weighted by atomic mass is 10.1. The van der Waals surface area contributed by atoms with Crippen molar-refractivity contribution in [2.75, 3.05) is 18.1 Å². The van der Waals surface area contributed by atoms with Gasteiger partial charge in [0, 0.05) is 21.4 Å². The highest BCUT2D eigenvalue weighted by Crippen LogP contribution is 2.10. The Morgan fingerprint density at radius 3 is 2.47 bits per heavy atom. The van der Waals surface area contributed by atoms with Gasteiger partial charge in [-0.1, -0.05) is 11.6 Å². The van der Waals surface area contributed by atoms with Crippen molar-refractivity contribution in [2.45, 2.75) is 6.10 Å². The number of hydrogen-bond donors (Lipinski definition) is 2. The van der Waals surface area contributed by atoms with Gasteiger partial charge in [0.15, 0.2) is 5.78 Å². The van der Waals surface area contributed by atoms with Crippen LogP contribution in [-0.4, -0.2) is 44.4 Å². The Balaban J connectivity index is 2.54. The van der Waals surface area contributed by atoms with Crippen molar-refractivity contribution in [3.63, 3.8) is 0 Å². The van der Waals surface area contributed by atoms with E-state index in [0.29, 0.717) is 10.6 Å². The largest absolute Gasteiger partial charge is 0.394 e. The van der Waals surface area contributed by atoms with Crippen molar-refractivity contribution >= 4 is 28.2 Å². The quantitative estimate of drug-likeness (QED) is 0.747. The number of benzene rings is 1. The van der Waals surface area contributed by atoms with Crippen LogP contribution in [0.5, 0.6) is 0 Å². The normalized spacial score (nSPS) is 14.3. The first-order chi connectivity index (χ1) is 8.02. The average molecular weight is 277 g/mol. The van der Waals surface area contributed by atoms with Crippen molar-refractivity contribution in [1.29, 1.82) is 0 Å². The second kappa shape index (κ2) is 6.86. The minimum absolute atomic E-state index is 0.101. The topological polar surface area (TPSA) is 74.6 Å². The zero-order valence-corrected chi connectivity index (χ0v) is 10.6. The summed E-state index contributed by atoms with van der Waals surface area (Å²) in [5.41, 5.74) is 0.432. The van der Waals surface area contributed by atoms with Gasteiger partial charge in [-0.25, -0.2) is 0 Å². The third kappa shape index (κ3) is 4.95. The van der Waals surface area contributed by atoms with E-state index in [4.69, 9.17) is 21.8 Å². The van der Waals surface area contributed by atoms with E-state index in [1.165, 1.54) is 0 Å². The molecule has 2 N–H and O–H groups in total. The summed E-state index contributed by atoms with van der Waals surface area (Å²) in [7, 11) is -1.48. The Labute approximate surface area is 107 Å². The molecule has 0 amide bonds. The van der Waals surface area contributed by atoms with Gasteiger partial charge in [-0.05, 0) is 24.3 Å². The van der Waals surface area contributed by atoms with E-state index < -0.39 is 23.5 Å². The number of rotatable bonds is 6. The minimum atomic E-state index is -1.48. The molecule has 2 unspecified atom stereocenters. The number of halogens is 1. The Morgan fingerprint density at radius 1 is 1.35 bits per heavy atom. The highest BCUT2D eigenvalue weighted by molar-refractivity contribution is 7.85. The molecule has 0 saturated carbocycles. The molecule has 4 nitrogen and oxygen atoms in total. The van der Waals surface area contributed by atoms with Crippen LogP contribution in [0.15, 0.2) is 24.3 Å². The van der Waals surface area contributed by atoms with E-state index in [2.05, 4.69) is 0 Å². The lowest BCUT2D eigenvalue weighted by molar-refractivity contribution is 0.101. The summed E-state index contributed by atoms with van der Waals surface area (Å²) in [6, 6.07) is 6.29. The van der Waals surface area contributed by atoms with Crippen LogP contribution in [0, 0.1) is 0 Å². The van der Waals surface area contributed by atoms with Crippen molar-refractivity contribution in [3.05, 3.63) is 34.9 Å². The molecular formula is C11H13ClO4S. The van der Waals surface area contributed by atoms with Crippen LogP contribution in [-0.2, 0) is 10.8 Å². The molecule has 0 bridgehead atoms. The Morgan fingerprint density at radius 2 is 1.94 bits per heavy atom. The fraction of sp³-hybridized carbons (Fsp3) is 0.364. The van der Waals surface area contributed by atoms with Gasteiger partial charge in [0.1, 0.15) is 0 Å². The average Bonchev–Trinajstić information content (AvgIpc) is 2.29. The molecule has 6 heteroatoms. The number of hydrogen-bond acceptors (Lipinski definition) is 4. The molecule has 0 radical (unpaired) electrons. The number of aliphatic hydroxyl groups is 2. The standard InChI is InChI=1S/C11H13ClO4S/c12-9-3-1-8(2-4-9)11(15)7-17(16)6-10(14)5-13/h1-4,10,13-14H,5-7H2. The first-order valence-corrected chi connectivity index (χ1v) is 6.82. The van der Waals surface area contributed by atoms with E-state index in [0.717, 1.165) is 0 Å². The van der Waals surface area contributed by atoms with Crippen LogP contribution in [0.1, 0.15) is 10.4 Å². The van der Waals surface area contributed by atoms with Gasteiger partial charge in [-0.2, -0.15) is 0 Å². The van der Waals surface area contributed by atoms with Crippen LogP contribution in [0.3, 0.4) is 0 Å². The van der Waals surface area contributed by atoms with E-state index in [9.17, 15) is 9.00 Å². The SMILES string of the molecule is O=C(CS(=O)CC(O)CO)c1ccc(Cl)cc1. The van der Waals surface area contributed by atoms with Gasteiger partial charge in [0.05, 0.1) is 24.2 Å². The summed E-state index contributed by atoms with van der Waals surface area (Å²) in [4.78, 5) is 11.7. The summed E-state index contributed by atoms with van der Waals surface area (Å²) in [6.45, 7) is -0.457. The van der Waals surface area contributed by atoms with Gasteiger partial charge in [-0.15, -0.1) is 0 Å². The lowest BCUT2D eigenvalue weighted by Crippen LogP contribution is -2.24. The Bertz CT molecular complexity index is 404. The molecule has 0 spiro atoms. The predicted molar refractivity (Wildman–Crippen MR) is 66.8 cm³/mol. The number of carbonyl (C=O) groups is 1. The Kier molecular flexibility index (Phi) is 5.77. The summed E-state index contributed by atoms with van der Waals surface area (Å²) >= 11 is 5.68. The predicted octanol–water partition coefficient (Wildman–Crippen LogP) is 0.625. The molecule has 0 saturated heterocycles. The fourth-order valence-electron chi connectivity index (χ4n) is 1.19. The number of carbonyl (C=O) groups excluding carboxylic acids is 1. The Hall–Kier alpha value is -0.750. The molecule has 94 valence electrons. The van der Waals surface area contributed by atoms with E-state index >= 15 is 0 Å². The van der Waals surface area contributed by atoms with E-state index in [-0.39, 0.29) is 17.3 Å². The molecule has 0 fully saturated rings. The number of aliphatic hydroxyl groups excluding tert-OH is 2. The first-order valence-electron chi connectivity index (χ1n) is 4.95. The van der Waals surface area contributed by atoms with Crippen LogP contribution in [0.2, 0.25) is 5.02 Å². The van der Waals surface area contributed by atoms with Crippen LogP contribution >= 0.6 is 11.6 Å². The third-order valence-corrected chi connectivity index (χ3v) is 3.64. The van der Waals surface area contributed by atoms with Crippen LogP contribution < -0.4 is 0 Å². The molecule has 0 aliphatic heterocycles. The molecule has 1 rings (SSSR count). The summed E-state index contributed by atoms with van der Waals surface area (Å²) in [5, 5.41) is 18.2. The summed E-state index contributed by atoms with van der Waals surface area (Å²) in [5.74, 6) is -0.542. The van der Waals surface area contributed by atoms with E-state index in [1.807, 2.05) is 0 Å². The third-order valence-electron chi connectivity index (χ3n) is 2.05. The van der Waals surface area contributed by atoms with E-state index in [1.54, 1.807) is 24.3 Å². The van der Waals surface area contributed by atoms with Gasteiger partial charge >= 0.3 is 0 Å². The maximum atomic E-state index is 11.7. The minimum Gasteiger partial charge on any atom is -0.394 e. The van der Waals surface area contributed by atoms with Crippen molar-refractivity contribution in [3.8, 4) is 0 Å². The number of Topliss-reactive ketones (excluding diaryl/α,β-unsaturated/α-hetero) is 1. The maximum absolute atomic E-state index is 11.7. The molecule has 1 aromatic rings. The van der Waals surface area contributed by atoms with Crippen LogP contribution in [0.25, 0.3) is 0 Å². The highest BCUT2D eigenvalue weighted by Gasteiger charge is 2.13. The molecule has 1 aromatic carbocycles. The molecule has 0 aromatic heterocycles. The summed E-state index contributed by atoms with van der Waals surface area (Å²) in [6.07, 6.45) is -1.05. The second-order valence-electron chi connectivity index (χ2n) is 3.52. The van der Waals surface area contributed by atoms with Gasteiger partial charge in [0.2, 0.25) is 0 Å². The molecule has 0 aliphatic carbocycles. The number of ketones is 1. The maximum Gasteiger partial charge on any atom is 0.175 e. The monoisotopic (exact) mass is 276 g/mol.